The number of nitrogens with zero attached hydrogens (tertiary/aromatic N) is 3. The molecule has 1 aliphatic carbocycles. The highest BCUT2D eigenvalue weighted by Gasteiger charge is 2.34. The normalized spacial score (nSPS) is 28.3. The molecule has 3 aliphatic rings. The van der Waals surface area contributed by atoms with Gasteiger partial charge in [0.1, 0.15) is 11.9 Å². The van der Waals surface area contributed by atoms with E-state index >= 15 is 0 Å². The van der Waals surface area contributed by atoms with E-state index in [4.69, 9.17) is 9.73 Å². The third-order valence-electron chi connectivity index (χ3n) is 6.02. The number of halogens is 2. The molecule has 3 unspecified atom stereocenters. The largest absolute Gasteiger partial charge is 0.367 e. The molecule has 0 radical (unpaired) electrons. The second-order valence-corrected chi connectivity index (χ2v) is 8.47. The number of hydrogen-bond donors (Lipinski definition) is 1. The number of hydrogen-bond acceptors (Lipinski definition) is 3. The van der Waals surface area contributed by atoms with Crippen LogP contribution in [0.5, 0.6) is 0 Å². The van der Waals surface area contributed by atoms with Gasteiger partial charge in [-0.05, 0) is 63.3 Å². The molecule has 1 aromatic carbocycles. The molecule has 162 valence electrons. The number of aliphatic imine (C=N–C) groups is 1. The number of nitrogens with one attached hydrogen (secondary N) is 1. The number of benzene rings is 1. The quantitative estimate of drug-likeness (QED) is 0.369. The maximum Gasteiger partial charge on any atom is 0.194 e. The maximum atomic E-state index is 13.3. The second-order valence-electron chi connectivity index (χ2n) is 8.47. The van der Waals surface area contributed by atoms with Crippen molar-refractivity contribution in [2.45, 2.75) is 51.4 Å². The molecule has 4 rings (SSSR count). The highest BCUT2D eigenvalue weighted by molar-refractivity contribution is 14.0. The van der Waals surface area contributed by atoms with Crippen LogP contribution in [0.4, 0.5) is 4.39 Å². The smallest absolute Gasteiger partial charge is 0.194 e. The molecule has 2 aliphatic heterocycles. The van der Waals surface area contributed by atoms with Gasteiger partial charge in [0.15, 0.2) is 5.96 Å². The molecule has 3 fully saturated rings. The third-order valence-corrected chi connectivity index (χ3v) is 6.02. The molecule has 1 aromatic rings. The van der Waals surface area contributed by atoms with Crippen molar-refractivity contribution in [1.82, 2.24) is 15.1 Å². The SMILES string of the molecule is CCNC(=NCC1CCN(C2CC2)C1)N1CC(C)OC(c2ccc(F)cc2)C1.I. The molecule has 29 heavy (non-hydrogen) atoms. The third kappa shape index (κ3) is 6.04. The van der Waals surface area contributed by atoms with Crippen LogP contribution in [-0.4, -0.2) is 67.2 Å². The van der Waals surface area contributed by atoms with Gasteiger partial charge in [-0.15, -0.1) is 24.0 Å². The summed E-state index contributed by atoms with van der Waals surface area (Å²) >= 11 is 0. The van der Waals surface area contributed by atoms with Gasteiger partial charge in [0.05, 0.1) is 12.6 Å². The highest BCUT2D eigenvalue weighted by atomic mass is 127. The Morgan fingerprint density at radius 3 is 2.62 bits per heavy atom. The molecule has 5 nitrogen and oxygen atoms in total. The number of likely N-dealkylation sites (tertiary alicyclic amines) is 1. The Balaban J connectivity index is 0.00000240. The van der Waals surface area contributed by atoms with Crippen LogP contribution < -0.4 is 5.32 Å². The van der Waals surface area contributed by atoms with Crippen molar-refractivity contribution in [2.24, 2.45) is 10.9 Å². The lowest BCUT2D eigenvalue weighted by atomic mass is 10.1. The standard InChI is InChI=1S/C22H33FN4O.HI/c1-3-24-22(25-12-17-10-11-26(14-17)20-8-9-20)27-13-16(2)28-21(15-27)18-4-6-19(23)7-5-18;/h4-7,16-17,20-21H,3,8-15H2,1-2H3,(H,24,25);1H. The highest BCUT2D eigenvalue weighted by Crippen LogP contribution is 2.32. The monoisotopic (exact) mass is 516 g/mol. The molecule has 7 heteroatoms. The van der Waals surface area contributed by atoms with Gasteiger partial charge in [0, 0.05) is 32.2 Å². The summed E-state index contributed by atoms with van der Waals surface area (Å²) in [5, 5.41) is 3.47. The Morgan fingerprint density at radius 2 is 1.93 bits per heavy atom. The van der Waals surface area contributed by atoms with Crippen LogP contribution >= 0.6 is 24.0 Å². The van der Waals surface area contributed by atoms with Gasteiger partial charge in [-0.25, -0.2) is 4.39 Å². The summed E-state index contributed by atoms with van der Waals surface area (Å²) < 4.78 is 19.4. The topological polar surface area (TPSA) is 40.1 Å². The van der Waals surface area contributed by atoms with Gasteiger partial charge in [-0.1, -0.05) is 12.1 Å². The van der Waals surface area contributed by atoms with E-state index in [1.54, 1.807) is 0 Å². The van der Waals surface area contributed by atoms with Crippen molar-refractivity contribution < 1.29 is 9.13 Å². The molecule has 2 saturated heterocycles. The number of morpholine rings is 1. The fourth-order valence-electron chi connectivity index (χ4n) is 4.41. The molecule has 1 saturated carbocycles. The van der Waals surface area contributed by atoms with Gasteiger partial charge >= 0.3 is 0 Å². The van der Waals surface area contributed by atoms with Crippen LogP contribution in [0.3, 0.4) is 0 Å². The molecular weight excluding hydrogens is 482 g/mol. The van der Waals surface area contributed by atoms with Crippen LogP contribution in [0.1, 0.15) is 44.8 Å². The average molecular weight is 516 g/mol. The van der Waals surface area contributed by atoms with Gasteiger partial charge in [-0.3, -0.25) is 4.99 Å². The van der Waals surface area contributed by atoms with Crippen molar-refractivity contribution in [3.63, 3.8) is 0 Å². The fraction of sp³-hybridized carbons (Fsp3) is 0.682. The predicted molar refractivity (Wildman–Crippen MR) is 125 cm³/mol. The molecule has 3 atom stereocenters. The lowest BCUT2D eigenvalue weighted by Crippen LogP contribution is -2.50. The van der Waals surface area contributed by atoms with E-state index < -0.39 is 0 Å². The lowest BCUT2D eigenvalue weighted by Gasteiger charge is -2.39. The first-order valence-corrected chi connectivity index (χ1v) is 10.8. The number of rotatable bonds is 5. The van der Waals surface area contributed by atoms with E-state index in [1.165, 1.54) is 44.5 Å². The Kier molecular flexibility index (Phi) is 8.15. The van der Waals surface area contributed by atoms with Crippen molar-refractivity contribution in [3.05, 3.63) is 35.6 Å². The van der Waals surface area contributed by atoms with Crippen LogP contribution in [0.25, 0.3) is 0 Å². The summed E-state index contributed by atoms with van der Waals surface area (Å²) in [6.45, 7) is 9.94. The van der Waals surface area contributed by atoms with E-state index in [-0.39, 0.29) is 42.0 Å². The summed E-state index contributed by atoms with van der Waals surface area (Å²) in [5.41, 5.74) is 1.02. The van der Waals surface area contributed by atoms with Crippen molar-refractivity contribution >= 4 is 29.9 Å². The molecular formula is C22H34FIN4O. The van der Waals surface area contributed by atoms with Gasteiger partial charge in [0.25, 0.3) is 0 Å². The molecule has 2 heterocycles. The first kappa shape index (κ1) is 22.7. The summed E-state index contributed by atoms with van der Waals surface area (Å²) in [6.07, 6.45) is 4.07. The summed E-state index contributed by atoms with van der Waals surface area (Å²) in [7, 11) is 0. The first-order valence-electron chi connectivity index (χ1n) is 10.8. The van der Waals surface area contributed by atoms with Crippen LogP contribution in [0.2, 0.25) is 0 Å². The van der Waals surface area contributed by atoms with E-state index in [1.807, 2.05) is 12.1 Å². The molecule has 1 N–H and O–H groups in total. The van der Waals surface area contributed by atoms with Crippen molar-refractivity contribution in [2.75, 3.05) is 39.3 Å². The Morgan fingerprint density at radius 1 is 1.17 bits per heavy atom. The Bertz CT molecular complexity index is 682. The van der Waals surface area contributed by atoms with Gasteiger partial charge in [0.2, 0.25) is 0 Å². The maximum absolute atomic E-state index is 13.3. The predicted octanol–water partition coefficient (Wildman–Crippen LogP) is 3.66. The molecule has 0 spiro atoms. The number of guanidine groups is 1. The minimum atomic E-state index is -0.212. The van der Waals surface area contributed by atoms with E-state index in [0.29, 0.717) is 5.92 Å². The zero-order valence-corrected chi connectivity index (χ0v) is 19.8. The van der Waals surface area contributed by atoms with Crippen molar-refractivity contribution in [1.29, 1.82) is 0 Å². The minimum Gasteiger partial charge on any atom is -0.367 e. The average Bonchev–Trinajstić information content (AvgIpc) is 3.43. The van der Waals surface area contributed by atoms with Gasteiger partial charge in [-0.2, -0.15) is 0 Å². The molecule has 0 aromatic heterocycles. The van der Waals surface area contributed by atoms with E-state index in [2.05, 4.69) is 29.0 Å². The van der Waals surface area contributed by atoms with Crippen molar-refractivity contribution in [3.8, 4) is 0 Å². The summed E-state index contributed by atoms with van der Waals surface area (Å²) in [4.78, 5) is 9.95. The molecule has 0 amide bonds. The molecule has 0 bridgehead atoms. The zero-order chi connectivity index (χ0) is 19.5. The van der Waals surface area contributed by atoms with Crippen LogP contribution in [0.15, 0.2) is 29.3 Å². The minimum absolute atomic E-state index is 0. The summed E-state index contributed by atoms with van der Waals surface area (Å²) in [5.74, 6) is 1.44. The van der Waals surface area contributed by atoms with E-state index in [0.717, 1.165) is 43.7 Å². The fourth-order valence-corrected chi connectivity index (χ4v) is 4.41. The Hall–Kier alpha value is -0.930. The first-order chi connectivity index (χ1) is 13.6. The Labute approximate surface area is 191 Å². The number of ether oxygens (including phenoxy) is 1. The van der Waals surface area contributed by atoms with Gasteiger partial charge < -0.3 is 19.9 Å². The second kappa shape index (κ2) is 10.4. The summed E-state index contributed by atoms with van der Waals surface area (Å²) in [6, 6.07) is 7.52. The lowest BCUT2D eigenvalue weighted by molar-refractivity contribution is -0.0605. The van der Waals surface area contributed by atoms with Crippen LogP contribution in [0, 0.1) is 11.7 Å². The zero-order valence-electron chi connectivity index (χ0n) is 17.5. The van der Waals surface area contributed by atoms with E-state index in [9.17, 15) is 4.39 Å². The van der Waals surface area contributed by atoms with Crippen LogP contribution in [-0.2, 0) is 4.74 Å².